The maximum absolute atomic E-state index is 9.97. The lowest BCUT2D eigenvalue weighted by Crippen LogP contribution is -2.23. The number of nitrogens with zero attached hydrogens (tertiary/aromatic N) is 1. The Kier molecular flexibility index (Phi) is 6.52. The van der Waals surface area contributed by atoms with Crippen LogP contribution in [0.15, 0.2) is 24.3 Å². The molecule has 17 heavy (non-hydrogen) atoms. The van der Waals surface area contributed by atoms with Gasteiger partial charge in [-0.2, -0.15) is 0 Å². The molecular weight excluding hydrogens is 238 g/mol. The van der Waals surface area contributed by atoms with E-state index in [-0.39, 0.29) is 6.61 Å². The molecule has 1 unspecified atom stereocenters. The van der Waals surface area contributed by atoms with Crippen LogP contribution in [0.25, 0.3) is 0 Å². The first-order valence-corrected chi connectivity index (χ1v) is 6.24. The van der Waals surface area contributed by atoms with Crippen LogP contribution in [0.5, 0.6) is 0 Å². The molecule has 0 heterocycles. The second-order valence-corrected chi connectivity index (χ2v) is 4.67. The fourth-order valence-corrected chi connectivity index (χ4v) is 1.77. The van der Waals surface area contributed by atoms with Crippen molar-refractivity contribution < 1.29 is 10.2 Å². The molecule has 4 heteroatoms. The molecule has 0 aromatic heterocycles. The number of rotatable bonds is 7. The first kappa shape index (κ1) is 14.5. The van der Waals surface area contributed by atoms with Crippen LogP contribution in [0.4, 0.5) is 0 Å². The van der Waals surface area contributed by atoms with Crippen molar-refractivity contribution in [2.45, 2.75) is 18.9 Å². The predicted octanol–water partition coefficient (Wildman–Crippen LogP) is 2.08. The van der Waals surface area contributed by atoms with Crippen molar-refractivity contribution in [2.75, 3.05) is 26.7 Å². The van der Waals surface area contributed by atoms with Crippen molar-refractivity contribution in [3.8, 4) is 0 Å². The minimum atomic E-state index is -0.455. The summed E-state index contributed by atoms with van der Waals surface area (Å²) >= 11 is 5.79. The van der Waals surface area contributed by atoms with Crippen LogP contribution in [0.3, 0.4) is 0 Å². The van der Waals surface area contributed by atoms with E-state index in [1.807, 2.05) is 19.2 Å². The van der Waals surface area contributed by atoms with Gasteiger partial charge in [0.05, 0.1) is 6.10 Å². The van der Waals surface area contributed by atoms with Gasteiger partial charge in [-0.15, -0.1) is 0 Å². The normalized spacial score (nSPS) is 13.0. The lowest BCUT2D eigenvalue weighted by molar-refractivity contribution is 0.146. The molecule has 1 aromatic carbocycles. The molecule has 0 aliphatic rings. The monoisotopic (exact) mass is 257 g/mol. The molecule has 0 radical (unpaired) electrons. The van der Waals surface area contributed by atoms with E-state index in [1.165, 1.54) is 0 Å². The van der Waals surface area contributed by atoms with Crippen molar-refractivity contribution in [2.24, 2.45) is 0 Å². The van der Waals surface area contributed by atoms with Crippen LogP contribution >= 0.6 is 11.6 Å². The highest BCUT2D eigenvalue weighted by molar-refractivity contribution is 6.30. The largest absolute Gasteiger partial charge is 0.396 e. The van der Waals surface area contributed by atoms with Gasteiger partial charge in [0.25, 0.3) is 0 Å². The summed E-state index contributed by atoms with van der Waals surface area (Å²) in [6.45, 7) is 1.87. The third-order valence-electron chi connectivity index (χ3n) is 2.74. The molecule has 0 amide bonds. The molecule has 3 nitrogen and oxygen atoms in total. The van der Waals surface area contributed by atoms with Crippen molar-refractivity contribution in [1.82, 2.24) is 4.90 Å². The molecular formula is C13H20ClNO2. The van der Waals surface area contributed by atoms with Gasteiger partial charge in [0.2, 0.25) is 0 Å². The van der Waals surface area contributed by atoms with E-state index >= 15 is 0 Å². The first-order chi connectivity index (χ1) is 8.13. The Labute approximate surface area is 108 Å². The Morgan fingerprint density at radius 2 is 1.88 bits per heavy atom. The Morgan fingerprint density at radius 1 is 1.24 bits per heavy atom. The zero-order valence-electron chi connectivity index (χ0n) is 10.1. The number of benzene rings is 1. The van der Waals surface area contributed by atoms with Crippen molar-refractivity contribution in [1.29, 1.82) is 0 Å². The number of hydrogen-bond acceptors (Lipinski definition) is 3. The summed E-state index contributed by atoms with van der Waals surface area (Å²) < 4.78 is 0. The van der Waals surface area contributed by atoms with Gasteiger partial charge in [0, 0.05) is 24.7 Å². The van der Waals surface area contributed by atoms with E-state index in [4.69, 9.17) is 16.7 Å². The SMILES string of the molecule is CN(CCCO)CCC(O)c1ccc(Cl)cc1. The lowest BCUT2D eigenvalue weighted by Gasteiger charge is -2.18. The maximum Gasteiger partial charge on any atom is 0.0802 e. The molecule has 1 rings (SSSR count). The van der Waals surface area contributed by atoms with Gasteiger partial charge < -0.3 is 15.1 Å². The molecule has 1 aromatic rings. The minimum absolute atomic E-state index is 0.212. The van der Waals surface area contributed by atoms with Gasteiger partial charge in [0.1, 0.15) is 0 Å². The molecule has 0 bridgehead atoms. The van der Waals surface area contributed by atoms with Crippen LogP contribution in [0.1, 0.15) is 24.5 Å². The highest BCUT2D eigenvalue weighted by atomic mass is 35.5. The molecule has 1 atom stereocenters. The fraction of sp³-hybridized carbons (Fsp3) is 0.538. The topological polar surface area (TPSA) is 43.7 Å². The molecule has 0 aliphatic carbocycles. The second-order valence-electron chi connectivity index (χ2n) is 4.24. The van der Waals surface area contributed by atoms with Gasteiger partial charge in [-0.1, -0.05) is 23.7 Å². The Hall–Kier alpha value is -0.610. The smallest absolute Gasteiger partial charge is 0.0802 e. The van der Waals surface area contributed by atoms with Crippen LogP contribution in [0.2, 0.25) is 5.02 Å². The summed E-state index contributed by atoms with van der Waals surface area (Å²) in [6.07, 6.45) is 1.00. The van der Waals surface area contributed by atoms with Crippen LogP contribution in [-0.4, -0.2) is 41.9 Å². The predicted molar refractivity (Wildman–Crippen MR) is 70.2 cm³/mol. The van der Waals surface area contributed by atoms with Gasteiger partial charge in [0.15, 0.2) is 0 Å². The quantitative estimate of drug-likeness (QED) is 0.786. The molecule has 2 N–H and O–H groups in total. The zero-order valence-corrected chi connectivity index (χ0v) is 10.9. The number of hydrogen-bond donors (Lipinski definition) is 2. The van der Waals surface area contributed by atoms with Crippen molar-refractivity contribution >= 4 is 11.6 Å². The van der Waals surface area contributed by atoms with Gasteiger partial charge in [-0.25, -0.2) is 0 Å². The number of halogens is 1. The van der Waals surface area contributed by atoms with E-state index in [0.717, 1.165) is 25.1 Å². The van der Waals surface area contributed by atoms with Crippen LogP contribution < -0.4 is 0 Å². The van der Waals surface area contributed by atoms with E-state index in [1.54, 1.807) is 12.1 Å². The summed E-state index contributed by atoms with van der Waals surface area (Å²) in [5.41, 5.74) is 0.893. The third-order valence-corrected chi connectivity index (χ3v) is 2.99. The highest BCUT2D eigenvalue weighted by Crippen LogP contribution is 2.19. The van der Waals surface area contributed by atoms with Crippen molar-refractivity contribution in [3.05, 3.63) is 34.9 Å². The Bertz CT molecular complexity index is 316. The third kappa shape index (κ3) is 5.50. The highest BCUT2D eigenvalue weighted by Gasteiger charge is 2.08. The van der Waals surface area contributed by atoms with Crippen LogP contribution in [-0.2, 0) is 0 Å². The second kappa shape index (κ2) is 7.67. The summed E-state index contributed by atoms with van der Waals surface area (Å²) in [7, 11) is 1.99. The van der Waals surface area contributed by atoms with Crippen LogP contribution in [0, 0.1) is 0 Å². The Balaban J connectivity index is 2.34. The van der Waals surface area contributed by atoms with Crippen molar-refractivity contribution in [3.63, 3.8) is 0 Å². The maximum atomic E-state index is 9.97. The molecule has 0 saturated carbocycles. The summed E-state index contributed by atoms with van der Waals surface area (Å²) in [5, 5.41) is 19.4. The fourth-order valence-electron chi connectivity index (χ4n) is 1.65. The number of aliphatic hydroxyl groups excluding tert-OH is 2. The summed E-state index contributed by atoms with van der Waals surface area (Å²) in [4.78, 5) is 2.11. The molecule has 0 fully saturated rings. The summed E-state index contributed by atoms with van der Waals surface area (Å²) in [5.74, 6) is 0. The average molecular weight is 258 g/mol. The summed E-state index contributed by atoms with van der Waals surface area (Å²) in [6, 6.07) is 7.27. The van der Waals surface area contributed by atoms with Gasteiger partial charge in [-0.3, -0.25) is 0 Å². The Morgan fingerprint density at radius 3 is 2.47 bits per heavy atom. The number of aliphatic hydroxyl groups is 2. The van der Waals surface area contributed by atoms with Gasteiger partial charge >= 0.3 is 0 Å². The van der Waals surface area contributed by atoms with E-state index in [2.05, 4.69) is 4.90 Å². The molecule has 0 spiro atoms. The van der Waals surface area contributed by atoms with E-state index in [9.17, 15) is 5.11 Å². The average Bonchev–Trinajstić information content (AvgIpc) is 2.34. The standard InChI is InChI=1S/C13H20ClNO2/c1-15(8-2-10-16)9-7-13(17)11-3-5-12(14)6-4-11/h3-6,13,16-17H,2,7-10H2,1H3. The lowest BCUT2D eigenvalue weighted by atomic mass is 10.1. The van der Waals surface area contributed by atoms with E-state index < -0.39 is 6.10 Å². The molecule has 0 aliphatic heterocycles. The minimum Gasteiger partial charge on any atom is -0.396 e. The van der Waals surface area contributed by atoms with E-state index in [0.29, 0.717) is 11.4 Å². The zero-order chi connectivity index (χ0) is 12.7. The van der Waals surface area contributed by atoms with Gasteiger partial charge in [-0.05, 0) is 37.6 Å². The molecule has 0 saturated heterocycles. The first-order valence-electron chi connectivity index (χ1n) is 5.86. The molecule has 96 valence electrons.